The molecular weight excluding hydrogens is 347 g/mol. The molecule has 0 aliphatic carbocycles. The predicted octanol–water partition coefficient (Wildman–Crippen LogP) is 4.42. The summed E-state index contributed by atoms with van der Waals surface area (Å²) in [7, 11) is 0. The van der Waals surface area contributed by atoms with Gasteiger partial charge >= 0.3 is 12.3 Å². The quantitative estimate of drug-likeness (QED) is 0.598. The number of amides is 1. The molecule has 0 radical (unpaired) electrons. The Morgan fingerprint density at radius 1 is 1.08 bits per heavy atom. The maximum atomic E-state index is 12.6. The van der Waals surface area contributed by atoms with Gasteiger partial charge in [0.2, 0.25) is 0 Å². The van der Waals surface area contributed by atoms with E-state index < -0.39 is 17.8 Å². The fraction of sp³-hybridized carbons (Fsp3) is 0.158. The first-order chi connectivity index (χ1) is 12.3. The number of hydrogen-bond acceptors (Lipinski definition) is 3. The lowest BCUT2D eigenvalue weighted by atomic mass is 10.1. The van der Waals surface area contributed by atoms with E-state index in [1.54, 1.807) is 30.3 Å². The average Bonchev–Trinajstić information content (AvgIpc) is 2.94. The van der Waals surface area contributed by atoms with Gasteiger partial charge in [-0.15, -0.1) is 0 Å². The molecule has 3 rings (SSSR count). The minimum absolute atomic E-state index is 0.0818. The lowest BCUT2D eigenvalue weighted by Gasteiger charge is -2.13. The Hall–Kier alpha value is -3.09. The Morgan fingerprint density at radius 2 is 1.73 bits per heavy atom. The first-order valence-corrected chi connectivity index (χ1v) is 7.76. The summed E-state index contributed by atoms with van der Waals surface area (Å²) in [6, 6.07) is 13.1. The molecule has 134 valence electrons. The molecule has 2 aromatic carbocycles. The zero-order chi connectivity index (χ0) is 18.7. The Labute approximate surface area is 147 Å². The Morgan fingerprint density at radius 3 is 2.35 bits per heavy atom. The average molecular weight is 361 g/mol. The number of hydrogen-bond donors (Lipinski definition) is 0. The number of allylic oxidation sites excluding steroid dienone is 1. The number of nitrogens with zero attached hydrogens (tertiary/aromatic N) is 1. The molecule has 0 N–H and O–H groups in total. The molecular formula is C19H14F3NO3. The molecule has 1 saturated heterocycles. The van der Waals surface area contributed by atoms with Crippen molar-refractivity contribution in [1.82, 2.24) is 4.90 Å². The van der Waals surface area contributed by atoms with Crippen LogP contribution in [0.25, 0.3) is 0 Å². The first-order valence-electron chi connectivity index (χ1n) is 7.76. The fourth-order valence-electron chi connectivity index (χ4n) is 2.51. The summed E-state index contributed by atoms with van der Waals surface area (Å²) in [5, 5.41) is 0. The van der Waals surface area contributed by atoms with E-state index in [1.165, 1.54) is 23.1 Å². The van der Waals surface area contributed by atoms with Crippen LogP contribution in [0, 0.1) is 0 Å². The van der Waals surface area contributed by atoms with Crippen LogP contribution in [-0.4, -0.2) is 23.3 Å². The van der Waals surface area contributed by atoms with Gasteiger partial charge < -0.3 is 4.74 Å². The SMILES string of the molecule is O=C(C=C1CN(Cc2ccc(C(F)(F)F)cc2)C(=O)O1)c1ccccc1. The van der Waals surface area contributed by atoms with Crippen molar-refractivity contribution in [3.8, 4) is 0 Å². The van der Waals surface area contributed by atoms with Crippen molar-refractivity contribution in [3.05, 3.63) is 83.1 Å². The third-order valence-corrected chi connectivity index (χ3v) is 3.83. The molecule has 1 heterocycles. The summed E-state index contributed by atoms with van der Waals surface area (Å²) in [6.07, 6.45) is -3.80. The summed E-state index contributed by atoms with van der Waals surface area (Å²) in [5.74, 6) is -0.0828. The van der Waals surface area contributed by atoms with Crippen LogP contribution < -0.4 is 0 Å². The maximum absolute atomic E-state index is 12.6. The minimum atomic E-state index is -4.40. The van der Waals surface area contributed by atoms with Crippen LogP contribution in [0.2, 0.25) is 0 Å². The predicted molar refractivity (Wildman–Crippen MR) is 87.2 cm³/mol. The Bertz CT molecular complexity index is 843. The van der Waals surface area contributed by atoms with E-state index in [0.717, 1.165) is 12.1 Å². The van der Waals surface area contributed by atoms with Gasteiger partial charge in [-0.3, -0.25) is 9.69 Å². The summed E-state index contributed by atoms with van der Waals surface area (Å²) >= 11 is 0. The highest BCUT2D eigenvalue weighted by Gasteiger charge is 2.31. The monoisotopic (exact) mass is 361 g/mol. The van der Waals surface area contributed by atoms with Crippen LogP contribution >= 0.6 is 0 Å². The lowest BCUT2D eigenvalue weighted by molar-refractivity contribution is -0.137. The van der Waals surface area contributed by atoms with E-state index in [0.29, 0.717) is 11.1 Å². The van der Waals surface area contributed by atoms with Crippen molar-refractivity contribution in [2.75, 3.05) is 6.54 Å². The molecule has 1 aliphatic heterocycles. The van der Waals surface area contributed by atoms with E-state index in [-0.39, 0.29) is 24.6 Å². The first kappa shape index (κ1) is 17.7. The van der Waals surface area contributed by atoms with Gasteiger partial charge in [0.05, 0.1) is 12.1 Å². The van der Waals surface area contributed by atoms with Gasteiger partial charge in [0.15, 0.2) is 5.78 Å². The van der Waals surface area contributed by atoms with Crippen LogP contribution in [0.4, 0.5) is 18.0 Å². The third kappa shape index (κ3) is 4.11. The van der Waals surface area contributed by atoms with Crippen molar-refractivity contribution in [3.63, 3.8) is 0 Å². The highest BCUT2D eigenvalue weighted by Crippen LogP contribution is 2.29. The molecule has 0 bridgehead atoms. The molecule has 7 heteroatoms. The van der Waals surface area contributed by atoms with E-state index in [9.17, 15) is 22.8 Å². The van der Waals surface area contributed by atoms with Crippen LogP contribution in [-0.2, 0) is 17.5 Å². The third-order valence-electron chi connectivity index (χ3n) is 3.83. The number of ketones is 1. The largest absolute Gasteiger partial charge is 0.416 e. The summed E-state index contributed by atoms with van der Waals surface area (Å²) in [5.41, 5.74) is 0.252. The molecule has 0 unspecified atom stereocenters. The molecule has 26 heavy (non-hydrogen) atoms. The Balaban J connectivity index is 1.66. The van der Waals surface area contributed by atoms with E-state index >= 15 is 0 Å². The van der Waals surface area contributed by atoms with E-state index in [4.69, 9.17) is 4.74 Å². The number of carbonyl (C=O) groups is 2. The van der Waals surface area contributed by atoms with E-state index in [2.05, 4.69) is 0 Å². The molecule has 0 aromatic heterocycles. The molecule has 1 fully saturated rings. The Kier molecular flexibility index (Phi) is 4.79. The van der Waals surface area contributed by atoms with Gasteiger partial charge in [-0.05, 0) is 17.7 Å². The van der Waals surface area contributed by atoms with E-state index in [1.807, 2.05) is 0 Å². The highest BCUT2D eigenvalue weighted by atomic mass is 19.4. The normalized spacial score (nSPS) is 16.0. The van der Waals surface area contributed by atoms with Gasteiger partial charge in [-0.2, -0.15) is 13.2 Å². The van der Waals surface area contributed by atoms with Crippen molar-refractivity contribution in [2.45, 2.75) is 12.7 Å². The molecule has 2 aromatic rings. The number of carbonyl (C=O) groups excluding carboxylic acids is 2. The van der Waals surface area contributed by atoms with Crippen LogP contribution in [0.1, 0.15) is 21.5 Å². The lowest BCUT2D eigenvalue weighted by Crippen LogP contribution is -2.23. The topological polar surface area (TPSA) is 46.6 Å². The standard InChI is InChI=1S/C19H14F3NO3/c20-19(21,22)15-8-6-13(7-9-15)11-23-12-16(26-18(23)25)10-17(24)14-4-2-1-3-5-14/h1-10H,11-12H2. The van der Waals surface area contributed by atoms with Crippen LogP contribution in [0.3, 0.4) is 0 Å². The molecule has 0 spiro atoms. The molecule has 1 amide bonds. The second kappa shape index (κ2) is 7.03. The number of alkyl halides is 3. The van der Waals surface area contributed by atoms with Gasteiger partial charge in [-0.25, -0.2) is 4.79 Å². The van der Waals surface area contributed by atoms with Gasteiger partial charge in [-0.1, -0.05) is 42.5 Å². The molecule has 0 atom stereocenters. The molecule has 1 aliphatic rings. The smallest absolute Gasteiger partial charge is 0.413 e. The summed E-state index contributed by atoms with van der Waals surface area (Å²) in [4.78, 5) is 25.3. The van der Waals surface area contributed by atoms with Crippen molar-refractivity contribution < 1.29 is 27.5 Å². The maximum Gasteiger partial charge on any atom is 0.416 e. The van der Waals surface area contributed by atoms with Gasteiger partial charge in [0, 0.05) is 18.2 Å². The number of cyclic esters (lactones) is 1. The fourth-order valence-corrected chi connectivity index (χ4v) is 2.51. The number of benzene rings is 2. The minimum Gasteiger partial charge on any atom is -0.413 e. The second-order valence-corrected chi connectivity index (χ2v) is 5.76. The molecule has 4 nitrogen and oxygen atoms in total. The number of halogens is 3. The second-order valence-electron chi connectivity index (χ2n) is 5.76. The van der Waals surface area contributed by atoms with Crippen molar-refractivity contribution in [2.24, 2.45) is 0 Å². The van der Waals surface area contributed by atoms with Gasteiger partial charge in [0.1, 0.15) is 5.76 Å². The zero-order valence-electron chi connectivity index (χ0n) is 13.5. The zero-order valence-corrected chi connectivity index (χ0v) is 13.5. The van der Waals surface area contributed by atoms with Crippen molar-refractivity contribution in [1.29, 1.82) is 0 Å². The summed E-state index contributed by atoms with van der Waals surface area (Å²) in [6.45, 7) is 0.173. The van der Waals surface area contributed by atoms with Crippen LogP contribution in [0.5, 0.6) is 0 Å². The highest BCUT2D eigenvalue weighted by molar-refractivity contribution is 6.05. The number of rotatable bonds is 4. The number of ether oxygens (including phenoxy) is 1. The van der Waals surface area contributed by atoms with Crippen LogP contribution in [0.15, 0.2) is 66.4 Å². The van der Waals surface area contributed by atoms with Gasteiger partial charge in [0.25, 0.3) is 0 Å². The van der Waals surface area contributed by atoms with Crippen molar-refractivity contribution >= 4 is 11.9 Å². The molecule has 0 saturated carbocycles. The summed E-state index contributed by atoms with van der Waals surface area (Å²) < 4.78 is 42.8.